The molecule has 96 valence electrons. The maximum atomic E-state index is 4.50. The Balaban J connectivity index is 2.24. The first-order valence-corrected chi connectivity index (χ1v) is 6.33. The molecule has 1 atom stereocenters. The van der Waals surface area contributed by atoms with Crippen molar-refractivity contribution in [3.8, 4) is 11.4 Å². The molecule has 0 amide bonds. The van der Waals surface area contributed by atoms with Gasteiger partial charge in [-0.2, -0.15) is 0 Å². The summed E-state index contributed by atoms with van der Waals surface area (Å²) < 4.78 is 0. The molecule has 4 heteroatoms. The fourth-order valence-corrected chi connectivity index (χ4v) is 2.05. The molecule has 4 nitrogen and oxygen atoms in total. The molecule has 2 rings (SSSR count). The fourth-order valence-electron chi connectivity index (χ4n) is 2.05. The summed E-state index contributed by atoms with van der Waals surface area (Å²) in [5.74, 6) is 1.97. The summed E-state index contributed by atoms with van der Waals surface area (Å²) in [6.45, 7) is 5.35. The predicted molar refractivity (Wildman–Crippen MR) is 73.3 cm³/mol. The molecule has 2 aromatic rings. The number of nitrogens with one attached hydrogen (secondary N) is 2. The monoisotopic (exact) mass is 244 g/mol. The molecule has 0 fully saturated rings. The van der Waals surface area contributed by atoms with Crippen LogP contribution in [0.25, 0.3) is 11.4 Å². The van der Waals surface area contributed by atoms with Crippen molar-refractivity contribution in [2.75, 3.05) is 13.6 Å². The van der Waals surface area contributed by atoms with E-state index in [0.717, 1.165) is 23.8 Å². The standard InChI is InChI=1S/C14H20N4/c1-10(2)11(8-15-3)14-17-9-13(18-14)12-6-4-5-7-16-12/h4-7,9-11,15H,8H2,1-3H3,(H,17,18). The average molecular weight is 244 g/mol. The molecule has 0 saturated carbocycles. The number of H-pyrrole nitrogens is 1. The second kappa shape index (κ2) is 5.78. The van der Waals surface area contributed by atoms with Crippen LogP contribution in [-0.4, -0.2) is 28.5 Å². The van der Waals surface area contributed by atoms with Crippen molar-refractivity contribution in [1.82, 2.24) is 20.3 Å². The molecular weight excluding hydrogens is 224 g/mol. The summed E-state index contributed by atoms with van der Waals surface area (Å²) in [6, 6.07) is 5.88. The number of nitrogens with zero attached hydrogens (tertiary/aromatic N) is 2. The van der Waals surface area contributed by atoms with Gasteiger partial charge in [0.2, 0.25) is 0 Å². The first-order chi connectivity index (χ1) is 8.72. The molecular formula is C14H20N4. The van der Waals surface area contributed by atoms with E-state index in [4.69, 9.17) is 0 Å². The van der Waals surface area contributed by atoms with E-state index in [1.165, 1.54) is 0 Å². The van der Waals surface area contributed by atoms with E-state index in [1.54, 1.807) is 6.20 Å². The zero-order valence-electron chi connectivity index (χ0n) is 11.1. The lowest BCUT2D eigenvalue weighted by Crippen LogP contribution is -2.22. The van der Waals surface area contributed by atoms with Gasteiger partial charge >= 0.3 is 0 Å². The lowest BCUT2D eigenvalue weighted by atomic mass is 9.95. The smallest absolute Gasteiger partial charge is 0.111 e. The molecule has 0 aliphatic carbocycles. The van der Waals surface area contributed by atoms with Gasteiger partial charge in [0, 0.05) is 18.7 Å². The minimum absolute atomic E-state index is 0.396. The molecule has 0 spiro atoms. The second-order valence-corrected chi connectivity index (χ2v) is 4.81. The Hall–Kier alpha value is -1.68. The fraction of sp³-hybridized carbons (Fsp3) is 0.429. The normalized spacial score (nSPS) is 12.9. The number of rotatable bonds is 5. The van der Waals surface area contributed by atoms with Gasteiger partial charge in [0.05, 0.1) is 17.6 Å². The summed E-state index contributed by atoms with van der Waals surface area (Å²) in [6.07, 6.45) is 3.66. The van der Waals surface area contributed by atoms with Gasteiger partial charge in [-0.15, -0.1) is 0 Å². The Labute approximate surface area is 108 Å². The SMILES string of the molecule is CNCC(c1ncc(-c2ccccn2)[nH]1)C(C)C. The van der Waals surface area contributed by atoms with E-state index in [2.05, 4.69) is 34.1 Å². The zero-order valence-corrected chi connectivity index (χ0v) is 11.1. The number of pyridine rings is 1. The molecule has 2 N–H and O–H groups in total. The van der Waals surface area contributed by atoms with Gasteiger partial charge in [0.25, 0.3) is 0 Å². The maximum Gasteiger partial charge on any atom is 0.111 e. The molecule has 0 aliphatic heterocycles. The quantitative estimate of drug-likeness (QED) is 0.849. The first-order valence-electron chi connectivity index (χ1n) is 6.33. The largest absolute Gasteiger partial charge is 0.340 e. The second-order valence-electron chi connectivity index (χ2n) is 4.81. The van der Waals surface area contributed by atoms with Crippen molar-refractivity contribution in [3.05, 3.63) is 36.4 Å². The third-order valence-corrected chi connectivity index (χ3v) is 3.12. The average Bonchev–Trinajstić information content (AvgIpc) is 2.86. The Kier molecular flexibility index (Phi) is 4.10. The summed E-state index contributed by atoms with van der Waals surface area (Å²) in [4.78, 5) is 12.2. The third-order valence-electron chi connectivity index (χ3n) is 3.12. The van der Waals surface area contributed by atoms with Crippen LogP contribution in [0.3, 0.4) is 0 Å². The van der Waals surface area contributed by atoms with Crippen LogP contribution in [0.2, 0.25) is 0 Å². The van der Waals surface area contributed by atoms with Gasteiger partial charge in [-0.3, -0.25) is 4.98 Å². The van der Waals surface area contributed by atoms with Gasteiger partial charge in [-0.1, -0.05) is 19.9 Å². The van der Waals surface area contributed by atoms with E-state index >= 15 is 0 Å². The number of hydrogen-bond acceptors (Lipinski definition) is 3. The molecule has 0 bridgehead atoms. The highest BCUT2D eigenvalue weighted by Gasteiger charge is 2.18. The Bertz CT molecular complexity index is 476. The van der Waals surface area contributed by atoms with Gasteiger partial charge < -0.3 is 10.3 Å². The van der Waals surface area contributed by atoms with Crippen molar-refractivity contribution in [1.29, 1.82) is 0 Å². The number of aromatic nitrogens is 3. The minimum atomic E-state index is 0.396. The van der Waals surface area contributed by atoms with Crippen LogP contribution < -0.4 is 5.32 Å². The number of aromatic amines is 1. The number of imidazole rings is 1. The summed E-state index contributed by atoms with van der Waals surface area (Å²) in [5.41, 5.74) is 1.91. The van der Waals surface area contributed by atoms with Crippen LogP contribution in [-0.2, 0) is 0 Å². The molecule has 0 aliphatic rings. The molecule has 2 heterocycles. The topological polar surface area (TPSA) is 53.6 Å². The third kappa shape index (κ3) is 2.76. The molecule has 0 saturated heterocycles. The lowest BCUT2D eigenvalue weighted by Gasteiger charge is -2.17. The Morgan fingerprint density at radius 2 is 2.11 bits per heavy atom. The highest BCUT2D eigenvalue weighted by atomic mass is 15.0. The van der Waals surface area contributed by atoms with Gasteiger partial charge in [0.1, 0.15) is 5.82 Å². The van der Waals surface area contributed by atoms with Crippen LogP contribution in [0.15, 0.2) is 30.6 Å². The first kappa shape index (κ1) is 12.8. The number of likely N-dealkylation sites (N-methyl/N-ethyl adjacent to an activating group) is 1. The van der Waals surface area contributed by atoms with Crippen LogP contribution in [0.4, 0.5) is 0 Å². The van der Waals surface area contributed by atoms with E-state index in [1.807, 2.05) is 31.4 Å². The lowest BCUT2D eigenvalue weighted by molar-refractivity contribution is 0.461. The highest BCUT2D eigenvalue weighted by molar-refractivity contribution is 5.52. The van der Waals surface area contributed by atoms with Gasteiger partial charge in [-0.25, -0.2) is 4.98 Å². The van der Waals surface area contributed by atoms with Crippen LogP contribution >= 0.6 is 0 Å². The van der Waals surface area contributed by atoms with Crippen molar-refractivity contribution in [2.45, 2.75) is 19.8 Å². The molecule has 18 heavy (non-hydrogen) atoms. The Morgan fingerprint density at radius 3 is 2.72 bits per heavy atom. The van der Waals surface area contributed by atoms with Crippen molar-refractivity contribution in [3.63, 3.8) is 0 Å². The summed E-state index contributed by atoms with van der Waals surface area (Å²) in [5, 5.41) is 3.22. The predicted octanol–water partition coefficient (Wildman–Crippen LogP) is 2.43. The van der Waals surface area contributed by atoms with Gasteiger partial charge in [-0.05, 0) is 25.1 Å². The van der Waals surface area contributed by atoms with E-state index < -0.39 is 0 Å². The molecule has 0 radical (unpaired) electrons. The van der Waals surface area contributed by atoms with Crippen molar-refractivity contribution < 1.29 is 0 Å². The van der Waals surface area contributed by atoms with Crippen molar-refractivity contribution in [2.24, 2.45) is 5.92 Å². The molecule has 2 aromatic heterocycles. The van der Waals surface area contributed by atoms with E-state index in [9.17, 15) is 0 Å². The maximum absolute atomic E-state index is 4.50. The van der Waals surface area contributed by atoms with Crippen LogP contribution in [0.1, 0.15) is 25.6 Å². The number of hydrogen-bond donors (Lipinski definition) is 2. The summed E-state index contributed by atoms with van der Waals surface area (Å²) >= 11 is 0. The molecule has 1 unspecified atom stereocenters. The van der Waals surface area contributed by atoms with Crippen LogP contribution in [0, 0.1) is 5.92 Å². The summed E-state index contributed by atoms with van der Waals surface area (Å²) in [7, 11) is 1.97. The highest BCUT2D eigenvalue weighted by Crippen LogP contribution is 2.23. The van der Waals surface area contributed by atoms with Crippen molar-refractivity contribution >= 4 is 0 Å². The van der Waals surface area contributed by atoms with Crippen LogP contribution in [0.5, 0.6) is 0 Å². The van der Waals surface area contributed by atoms with E-state index in [0.29, 0.717) is 11.8 Å². The van der Waals surface area contributed by atoms with E-state index in [-0.39, 0.29) is 0 Å². The molecule has 0 aromatic carbocycles. The Morgan fingerprint density at radius 1 is 1.28 bits per heavy atom. The zero-order chi connectivity index (χ0) is 13.0. The minimum Gasteiger partial charge on any atom is -0.340 e. The van der Waals surface area contributed by atoms with Gasteiger partial charge in [0.15, 0.2) is 0 Å².